The molecule has 5 fully saturated rings. The monoisotopic (exact) mass is 412 g/mol. The second-order valence-electron chi connectivity index (χ2n) is 13.0. The first-order valence-corrected chi connectivity index (χ1v) is 13.2. The Labute approximate surface area is 183 Å². The van der Waals surface area contributed by atoms with Crippen molar-refractivity contribution in [1.29, 1.82) is 0 Å². The third-order valence-corrected chi connectivity index (χ3v) is 11.8. The van der Waals surface area contributed by atoms with Crippen LogP contribution in [0.15, 0.2) is 11.6 Å². The fourth-order valence-electron chi connectivity index (χ4n) is 10.1. The Morgan fingerprint density at radius 3 is 2.63 bits per heavy atom. The van der Waals surface area contributed by atoms with E-state index in [1.807, 2.05) is 0 Å². The Morgan fingerprint density at radius 1 is 1.03 bits per heavy atom. The van der Waals surface area contributed by atoms with E-state index < -0.39 is 0 Å². The average molecular weight is 413 g/mol. The molecule has 168 valence electrons. The van der Waals surface area contributed by atoms with Crippen molar-refractivity contribution < 1.29 is 5.11 Å². The van der Waals surface area contributed by atoms with Crippen LogP contribution in [0.4, 0.5) is 0 Å². The number of nitrogens with one attached hydrogen (secondary N) is 2. The van der Waals surface area contributed by atoms with E-state index >= 15 is 0 Å². The molecule has 0 aromatic rings. The van der Waals surface area contributed by atoms with Crippen molar-refractivity contribution in [1.82, 2.24) is 10.6 Å². The first-order chi connectivity index (χ1) is 14.3. The lowest BCUT2D eigenvalue weighted by Crippen LogP contribution is -2.62. The molecule has 0 amide bonds. The molecule has 3 nitrogen and oxygen atoms in total. The van der Waals surface area contributed by atoms with Crippen molar-refractivity contribution in [3.8, 4) is 0 Å². The van der Waals surface area contributed by atoms with Crippen molar-refractivity contribution in [2.75, 3.05) is 6.54 Å². The average Bonchev–Trinajstić information content (AvgIpc) is 3.16. The lowest BCUT2D eigenvalue weighted by atomic mass is 9.47. The van der Waals surface area contributed by atoms with Gasteiger partial charge in [-0.3, -0.25) is 10.6 Å². The van der Waals surface area contributed by atoms with Crippen LogP contribution in [0.2, 0.25) is 0 Å². The number of fused-ring (bicyclic) bond motifs is 7. The van der Waals surface area contributed by atoms with E-state index in [1.165, 1.54) is 51.5 Å². The molecule has 2 heterocycles. The molecular formula is C27H44N2O. The van der Waals surface area contributed by atoms with Gasteiger partial charge >= 0.3 is 0 Å². The summed E-state index contributed by atoms with van der Waals surface area (Å²) >= 11 is 0. The van der Waals surface area contributed by atoms with Crippen LogP contribution >= 0.6 is 0 Å². The highest BCUT2D eigenvalue weighted by Crippen LogP contribution is 2.69. The van der Waals surface area contributed by atoms with Gasteiger partial charge in [0.2, 0.25) is 0 Å². The molecule has 3 heteroatoms. The van der Waals surface area contributed by atoms with Crippen LogP contribution in [0.3, 0.4) is 0 Å². The first kappa shape index (κ1) is 20.2. The topological polar surface area (TPSA) is 44.3 Å². The van der Waals surface area contributed by atoms with Gasteiger partial charge in [0.05, 0.1) is 11.8 Å². The molecule has 11 atom stereocenters. The minimum Gasteiger partial charge on any atom is -0.393 e. The number of rotatable bonds is 0. The molecular weight excluding hydrogens is 368 g/mol. The Kier molecular flexibility index (Phi) is 4.44. The molecule has 6 aliphatic rings. The number of hydrogen-bond donors (Lipinski definition) is 3. The zero-order chi connectivity index (χ0) is 20.9. The van der Waals surface area contributed by atoms with Gasteiger partial charge in [0.15, 0.2) is 0 Å². The molecule has 0 aromatic heterocycles. The third kappa shape index (κ3) is 2.55. The minimum absolute atomic E-state index is 0.0903. The number of piperidine rings is 1. The lowest BCUT2D eigenvalue weighted by Gasteiger charge is -2.58. The minimum atomic E-state index is -0.0903. The summed E-state index contributed by atoms with van der Waals surface area (Å²) < 4.78 is 0. The number of aliphatic hydroxyl groups is 1. The summed E-state index contributed by atoms with van der Waals surface area (Å²) in [6, 6.07) is 0.709. The van der Waals surface area contributed by atoms with Crippen LogP contribution in [-0.4, -0.2) is 29.5 Å². The van der Waals surface area contributed by atoms with E-state index in [4.69, 9.17) is 0 Å². The van der Waals surface area contributed by atoms with Crippen LogP contribution in [0, 0.1) is 46.3 Å². The molecule has 2 aliphatic heterocycles. The molecule has 3 saturated carbocycles. The zero-order valence-corrected chi connectivity index (χ0v) is 19.7. The maximum atomic E-state index is 10.3. The Bertz CT molecular complexity index is 739. The molecule has 0 aromatic carbocycles. The SMILES string of the molecule is C[C@@H]1CC[C@@]2(NC1)N[C@H]1C[C@H]3[C@@H]4CC=C5C[C@@H](O)CC[C@]5(C)[C@H]4CC[C@]3(C)[C@H]1[C@H]2C. The highest BCUT2D eigenvalue weighted by molar-refractivity contribution is 5.27. The van der Waals surface area contributed by atoms with E-state index in [0.717, 1.165) is 48.3 Å². The number of allylic oxidation sites excluding steroid dienone is 1. The van der Waals surface area contributed by atoms with E-state index in [2.05, 4.69) is 44.4 Å². The second-order valence-corrected chi connectivity index (χ2v) is 13.0. The predicted molar refractivity (Wildman–Crippen MR) is 122 cm³/mol. The molecule has 0 bridgehead atoms. The van der Waals surface area contributed by atoms with Gasteiger partial charge < -0.3 is 5.11 Å². The van der Waals surface area contributed by atoms with Crippen molar-refractivity contribution >= 4 is 0 Å². The van der Waals surface area contributed by atoms with Gasteiger partial charge in [0, 0.05) is 6.04 Å². The van der Waals surface area contributed by atoms with Crippen molar-refractivity contribution in [3.63, 3.8) is 0 Å². The summed E-state index contributed by atoms with van der Waals surface area (Å²) in [5.41, 5.74) is 2.68. The van der Waals surface area contributed by atoms with Crippen molar-refractivity contribution in [2.24, 2.45) is 46.3 Å². The molecule has 3 N–H and O–H groups in total. The Hall–Kier alpha value is -0.380. The molecule has 0 unspecified atom stereocenters. The standard InChI is InChI=1S/C27H44N2O/c1-16-7-12-27(28-15-16)17(2)24-23(29-27)14-22-20-6-5-18-13-19(30)8-10-25(18,3)21(20)9-11-26(22,24)4/h5,16-17,19-24,28-30H,6-15H2,1-4H3/t16-,17-,19+,20-,21+,22+,23+,24+,25+,26+,27-/m1/s1. The largest absolute Gasteiger partial charge is 0.393 e. The highest BCUT2D eigenvalue weighted by atomic mass is 16.3. The fourth-order valence-corrected chi connectivity index (χ4v) is 10.1. The molecule has 2 saturated heterocycles. The number of hydrogen-bond acceptors (Lipinski definition) is 3. The first-order valence-electron chi connectivity index (χ1n) is 13.2. The third-order valence-electron chi connectivity index (χ3n) is 11.8. The lowest BCUT2D eigenvalue weighted by molar-refractivity contribution is -0.0617. The van der Waals surface area contributed by atoms with Crippen LogP contribution in [0.1, 0.15) is 85.5 Å². The van der Waals surface area contributed by atoms with Gasteiger partial charge in [-0.1, -0.05) is 39.3 Å². The molecule has 6 rings (SSSR count). The van der Waals surface area contributed by atoms with E-state index in [9.17, 15) is 5.11 Å². The Morgan fingerprint density at radius 2 is 1.87 bits per heavy atom. The molecule has 4 aliphatic carbocycles. The van der Waals surface area contributed by atoms with Gasteiger partial charge in [0.1, 0.15) is 0 Å². The summed E-state index contributed by atoms with van der Waals surface area (Å²) in [6.45, 7) is 11.4. The Balaban J connectivity index is 1.28. The second kappa shape index (κ2) is 6.58. The molecule has 0 radical (unpaired) electrons. The summed E-state index contributed by atoms with van der Waals surface area (Å²) in [6.07, 6.45) is 13.8. The summed E-state index contributed by atoms with van der Waals surface area (Å²) in [7, 11) is 0. The van der Waals surface area contributed by atoms with E-state index in [0.29, 0.717) is 16.9 Å². The van der Waals surface area contributed by atoms with Crippen molar-refractivity contribution in [3.05, 3.63) is 11.6 Å². The maximum absolute atomic E-state index is 10.3. The van der Waals surface area contributed by atoms with Crippen LogP contribution in [0.25, 0.3) is 0 Å². The van der Waals surface area contributed by atoms with Gasteiger partial charge in [0.25, 0.3) is 0 Å². The summed E-state index contributed by atoms with van der Waals surface area (Å²) in [4.78, 5) is 0. The van der Waals surface area contributed by atoms with E-state index in [1.54, 1.807) is 5.57 Å². The van der Waals surface area contributed by atoms with Crippen LogP contribution < -0.4 is 10.6 Å². The quantitative estimate of drug-likeness (QED) is 0.498. The van der Waals surface area contributed by atoms with E-state index in [-0.39, 0.29) is 11.8 Å². The van der Waals surface area contributed by atoms with Crippen molar-refractivity contribution in [2.45, 2.75) is 103 Å². The summed E-state index contributed by atoms with van der Waals surface area (Å²) in [5, 5.41) is 18.5. The smallest absolute Gasteiger partial charge is 0.0719 e. The fraction of sp³-hybridized carbons (Fsp3) is 0.926. The predicted octanol–water partition coefficient (Wildman–Crippen LogP) is 4.86. The maximum Gasteiger partial charge on any atom is 0.0719 e. The summed E-state index contributed by atoms with van der Waals surface area (Å²) in [5.74, 6) is 4.97. The van der Waals surface area contributed by atoms with Gasteiger partial charge in [-0.05, 0) is 111 Å². The van der Waals surface area contributed by atoms with Gasteiger partial charge in [-0.2, -0.15) is 0 Å². The zero-order valence-electron chi connectivity index (χ0n) is 19.7. The normalized spacial score (nSPS) is 59.8. The van der Waals surface area contributed by atoms with Crippen LogP contribution in [0.5, 0.6) is 0 Å². The van der Waals surface area contributed by atoms with Gasteiger partial charge in [-0.25, -0.2) is 0 Å². The highest BCUT2D eigenvalue weighted by Gasteiger charge is 2.67. The molecule has 30 heavy (non-hydrogen) atoms. The van der Waals surface area contributed by atoms with Gasteiger partial charge in [-0.15, -0.1) is 0 Å². The molecule has 1 spiro atoms. The van der Waals surface area contributed by atoms with Crippen LogP contribution in [-0.2, 0) is 0 Å². The number of aliphatic hydroxyl groups excluding tert-OH is 1.